The topological polar surface area (TPSA) is 12.0 Å². The highest BCUT2D eigenvalue weighted by molar-refractivity contribution is 9.10. The Morgan fingerprint density at radius 2 is 2.25 bits per heavy atom. The van der Waals surface area contributed by atoms with Crippen LogP contribution in [-0.4, -0.2) is 12.6 Å². The fraction of sp³-hybridized carbons (Fsp3) is 0.385. The van der Waals surface area contributed by atoms with Crippen molar-refractivity contribution in [3.05, 3.63) is 39.3 Å². The third kappa shape index (κ3) is 4.69. The number of halogens is 2. The third-order valence-corrected chi connectivity index (χ3v) is 3.17. The molecule has 1 aromatic carbocycles. The van der Waals surface area contributed by atoms with Gasteiger partial charge in [-0.1, -0.05) is 52.7 Å². The number of nitrogens with one attached hydrogen (secondary N) is 1. The largest absolute Gasteiger partial charge is 0.311 e. The first kappa shape index (κ1) is 13.8. The van der Waals surface area contributed by atoms with E-state index in [0.29, 0.717) is 6.04 Å². The predicted molar refractivity (Wildman–Crippen MR) is 75.9 cm³/mol. The van der Waals surface area contributed by atoms with E-state index in [0.717, 1.165) is 28.0 Å². The van der Waals surface area contributed by atoms with Gasteiger partial charge in [-0.25, -0.2) is 0 Å². The minimum atomic E-state index is 0.391. The summed E-state index contributed by atoms with van der Waals surface area (Å²) in [4.78, 5) is 0. The van der Waals surface area contributed by atoms with E-state index in [1.54, 1.807) is 0 Å². The fourth-order valence-corrected chi connectivity index (χ4v) is 2.14. The normalized spacial score (nSPS) is 13.2. The van der Waals surface area contributed by atoms with Crippen LogP contribution in [0.25, 0.3) is 6.08 Å². The second-order valence-electron chi connectivity index (χ2n) is 3.77. The lowest BCUT2D eigenvalue weighted by Crippen LogP contribution is -2.24. The van der Waals surface area contributed by atoms with Gasteiger partial charge in [-0.3, -0.25) is 0 Å². The molecule has 0 amide bonds. The van der Waals surface area contributed by atoms with Crippen molar-refractivity contribution in [2.75, 3.05) is 6.54 Å². The molecule has 0 fully saturated rings. The molecule has 1 aromatic rings. The Morgan fingerprint density at radius 1 is 1.50 bits per heavy atom. The van der Waals surface area contributed by atoms with Gasteiger partial charge in [-0.05, 0) is 37.6 Å². The highest BCUT2D eigenvalue weighted by Gasteiger charge is 1.98. The van der Waals surface area contributed by atoms with Gasteiger partial charge >= 0.3 is 0 Å². The Bertz CT molecular complexity index is 363. The number of hydrogen-bond donors (Lipinski definition) is 1. The van der Waals surface area contributed by atoms with Gasteiger partial charge in [0, 0.05) is 15.5 Å². The molecule has 1 nitrogen and oxygen atoms in total. The Kier molecular flexibility index (Phi) is 6.10. The summed E-state index contributed by atoms with van der Waals surface area (Å²) in [5.74, 6) is 0. The van der Waals surface area contributed by atoms with Crippen LogP contribution in [-0.2, 0) is 0 Å². The summed E-state index contributed by atoms with van der Waals surface area (Å²) >= 11 is 9.38. The lowest BCUT2D eigenvalue weighted by Gasteiger charge is -2.07. The highest BCUT2D eigenvalue weighted by Crippen LogP contribution is 2.22. The molecule has 0 saturated carbocycles. The zero-order valence-electron chi connectivity index (χ0n) is 9.63. The van der Waals surface area contributed by atoms with Crippen molar-refractivity contribution < 1.29 is 0 Å². The van der Waals surface area contributed by atoms with E-state index < -0.39 is 0 Å². The van der Waals surface area contributed by atoms with E-state index in [-0.39, 0.29) is 0 Å². The van der Waals surface area contributed by atoms with Gasteiger partial charge in [0.15, 0.2) is 0 Å². The molecule has 0 spiro atoms. The summed E-state index contributed by atoms with van der Waals surface area (Å²) in [6.45, 7) is 5.36. The molecule has 16 heavy (non-hydrogen) atoms. The van der Waals surface area contributed by atoms with Crippen LogP contribution in [0.2, 0.25) is 5.02 Å². The maximum atomic E-state index is 5.88. The van der Waals surface area contributed by atoms with Gasteiger partial charge in [0.05, 0.1) is 0 Å². The third-order valence-electron chi connectivity index (χ3n) is 2.24. The lowest BCUT2D eigenvalue weighted by atomic mass is 10.2. The van der Waals surface area contributed by atoms with E-state index in [1.807, 2.05) is 18.2 Å². The summed E-state index contributed by atoms with van der Waals surface area (Å²) in [6.07, 6.45) is 5.42. The zero-order chi connectivity index (χ0) is 12.0. The lowest BCUT2D eigenvalue weighted by molar-refractivity contribution is 0.625. The van der Waals surface area contributed by atoms with Gasteiger partial charge in [0.2, 0.25) is 0 Å². The summed E-state index contributed by atoms with van der Waals surface area (Å²) in [5, 5.41) is 4.16. The minimum absolute atomic E-state index is 0.391. The van der Waals surface area contributed by atoms with E-state index in [9.17, 15) is 0 Å². The molecule has 0 aliphatic rings. The average Bonchev–Trinajstić information content (AvgIpc) is 2.25. The Balaban J connectivity index is 2.61. The molecule has 1 atom stereocenters. The van der Waals surface area contributed by atoms with Crippen LogP contribution in [0.3, 0.4) is 0 Å². The van der Waals surface area contributed by atoms with Crippen molar-refractivity contribution in [3.63, 3.8) is 0 Å². The van der Waals surface area contributed by atoms with Crippen molar-refractivity contribution in [1.29, 1.82) is 0 Å². The van der Waals surface area contributed by atoms with Crippen molar-refractivity contribution in [2.24, 2.45) is 0 Å². The SMILES string of the molecule is CCCNC(C)/C=C/c1ccc(Cl)cc1Br. The van der Waals surface area contributed by atoms with Crippen LogP contribution >= 0.6 is 27.5 Å². The highest BCUT2D eigenvalue weighted by atomic mass is 79.9. The van der Waals surface area contributed by atoms with Crippen LogP contribution < -0.4 is 5.32 Å². The van der Waals surface area contributed by atoms with E-state index in [4.69, 9.17) is 11.6 Å². The van der Waals surface area contributed by atoms with Crippen LogP contribution in [0.1, 0.15) is 25.8 Å². The maximum absolute atomic E-state index is 5.88. The monoisotopic (exact) mass is 301 g/mol. The van der Waals surface area contributed by atoms with Crippen LogP contribution in [0.5, 0.6) is 0 Å². The zero-order valence-corrected chi connectivity index (χ0v) is 12.0. The number of rotatable bonds is 5. The first-order valence-electron chi connectivity index (χ1n) is 5.50. The summed E-state index contributed by atoms with van der Waals surface area (Å²) in [7, 11) is 0. The average molecular weight is 303 g/mol. The standard InChI is InChI=1S/C13H17BrClN/c1-3-8-16-10(2)4-5-11-6-7-12(15)9-13(11)14/h4-7,9-10,16H,3,8H2,1-2H3/b5-4+. The summed E-state index contributed by atoms with van der Waals surface area (Å²) < 4.78 is 1.03. The fourth-order valence-electron chi connectivity index (χ4n) is 1.32. The first-order valence-corrected chi connectivity index (χ1v) is 6.67. The molecule has 0 aliphatic heterocycles. The molecule has 1 rings (SSSR count). The Hall–Kier alpha value is -0.310. The minimum Gasteiger partial charge on any atom is -0.311 e. The molecule has 0 aromatic heterocycles. The molecule has 1 unspecified atom stereocenters. The quantitative estimate of drug-likeness (QED) is 0.844. The molecule has 0 heterocycles. The van der Waals surface area contributed by atoms with Crippen molar-refractivity contribution in [1.82, 2.24) is 5.32 Å². The smallest absolute Gasteiger partial charge is 0.0417 e. The molecular formula is C13H17BrClN. The van der Waals surface area contributed by atoms with E-state index >= 15 is 0 Å². The summed E-state index contributed by atoms with van der Waals surface area (Å²) in [5.41, 5.74) is 1.15. The van der Waals surface area contributed by atoms with Crippen molar-refractivity contribution in [2.45, 2.75) is 26.3 Å². The Labute approximate surface area is 111 Å². The van der Waals surface area contributed by atoms with Gasteiger partial charge in [-0.15, -0.1) is 0 Å². The van der Waals surface area contributed by atoms with Crippen LogP contribution in [0, 0.1) is 0 Å². The second-order valence-corrected chi connectivity index (χ2v) is 5.06. The van der Waals surface area contributed by atoms with E-state index in [2.05, 4.69) is 47.2 Å². The molecule has 88 valence electrons. The van der Waals surface area contributed by atoms with Gasteiger partial charge in [-0.2, -0.15) is 0 Å². The molecule has 0 bridgehead atoms. The first-order chi connectivity index (χ1) is 7.63. The van der Waals surface area contributed by atoms with Gasteiger partial charge in [0.1, 0.15) is 0 Å². The second kappa shape index (κ2) is 7.10. The van der Waals surface area contributed by atoms with E-state index in [1.165, 1.54) is 0 Å². The molecule has 0 aliphatic carbocycles. The number of benzene rings is 1. The number of hydrogen-bond acceptors (Lipinski definition) is 1. The molecule has 1 N–H and O–H groups in total. The van der Waals surface area contributed by atoms with Gasteiger partial charge in [0.25, 0.3) is 0 Å². The van der Waals surface area contributed by atoms with Gasteiger partial charge < -0.3 is 5.32 Å². The van der Waals surface area contributed by atoms with Crippen LogP contribution in [0.15, 0.2) is 28.7 Å². The molecule has 3 heteroatoms. The predicted octanol–water partition coefficient (Wildman–Crippen LogP) is 4.50. The van der Waals surface area contributed by atoms with Crippen molar-refractivity contribution in [3.8, 4) is 0 Å². The summed E-state index contributed by atoms with van der Waals surface area (Å²) in [6, 6.07) is 6.21. The molecule has 0 radical (unpaired) electrons. The van der Waals surface area contributed by atoms with Crippen molar-refractivity contribution >= 4 is 33.6 Å². The molecule has 0 saturated heterocycles. The van der Waals surface area contributed by atoms with Crippen LogP contribution in [0.4, 0.5) is 0 Å². The molecular weight excluding hydrogens is 286 g/mol. The maximum Gasteiger partial charge on any atom is 0.0417 e. The Morgan fingerprint density at radius 3 is 2.88 bits per heavy atom.